The second kappa shape index (κ2) is 6.47. The van der Waals surface area contributed by atoms with E-state index in [0.29, 0.717) is 4.90 Å². The van der Waals surface area contributed by atoms with Gasteiger partial charge in [-0.3, -0.25) is 0 Å². The summed E-state index contributed by atoms with van der Waals surface area (Å²) >= 11 is 0. The number of urea groups is 1. The van der Waals surface area contributed by atoms with Gasteiger partial charge < -0.3 is 15.3 Å². The summed E-state index contributed by atoms with van der Waals surface area (Å²) in [7, 11) is 0. The molecular weight excluding hydrogens is 289 g/mol. The highest BCUT2D eigenvalue weighted by molar-refractivity contribution is 6.00. The van der Waals surface area contributed by atoms with Gasteiger partial charge in [0.2, 0.25) is 0 Å². The second-order valence-electron chi connectivity index (χ2n) is 4.62. The molecule has 2 amide bonds. The summed E-state index contributed by atoms with van der Waals surface area (Å²) in [4.78, 5) is 23.5. The maximum atomic E-state index is 12.5. The number of amides is 2. The van der Waals surface area contributed by atoms with Gasteiger partial charge in [-0.05, 0) is 26.0 Å². The lowest BCUT2D eigenvalue weighted by atomic mass is 10.2. The minimum Gasteiger partial charge on any atom is -0.478 e. The van der Waals surface area contributed by atoms with Crippen molar-refractivity contribution in [3.05, 3.63) is 29.8 Å². The van der Waals surface area contributed by atoms with Crippen LogP contribution >= 0.6 is 0 Å². The molecule has 1 aromatic rings. The van der Waals surface area contributed by atoms with Gasteiger partial charge in [0.1, 0.15) is 6.54 Å². The fourth-order valence-electron chi connectivity index (χ4n) is 1.65. The molecule has 1 rings (SSSR count). The lowest BCUT2D eigenvalue weighted by Crippen LogP contribution is -2.45. The molecule has 5 nitrogen and oxygen atoms in total. The maximum Gasteiger partial charge on any atom is 0.406 e. The van der Waals surface area contributed by atoms with Crippen LogP contribution in [0.4, 0.5) is 23.7 Å². The third-order valence-electron chi connectivity index (χ3n) is 2.63. The Labute approximate surface area is 119 Å². The average Bonchev–Trinajstić information content (AvgIpc) is 2.34. The van der Waals surface area contributed by atoms with Crippen LogP contribution in [0.25, 0.3) is 0 Å². The molecule has 0 radical (unpaired) electrons. The monoisotopic (exact) mass is 304 g/mol. The van der Waals surface area contributed by atoms with E-state index in [-0.39, 0.29) is 11.3 Å². The average molecular weight is 304 g/mol. The molecular formula is C13H15F3N2O3. The van der Waals surface area contributed by atoms with Crippen LogP contribution in [-0.2, 0) is 0 Å². The molecule has 8 heteroatoms. The fourth-order valence-corrected chi connectivity index (χ4v) is 1.65. The van der Waals surface area contributed by atoms with Gasteiger partial charge in [-0.25, -0.2) is 9.59 Å². The number of nitrogens with zero attached hydrogens (tertiary/aromatic N) is 1. The van der Waals surface area contributed by atoms with Gasteiger partial charge in [0, 0.05) is 6.04 Å². The highest BCUT2D eigenvalue weighted by Crippen LogP contribution is 2.20. The van der Waals surface area contributed by atoms with Crippen LogP contribution in [0.5, 0.6) is 0 Å². The second-order valence-corrected chi connectivity index (χ2v) is 4.62. The summed E-state index contributed by atoms with van der Waals surface area (Å²) in [5.41, 5.74) is -0.246. The van der Waals surface area contributed by atoms with Crippen molar-refractivity contribution in [1.29, 1.82) is 0 Å². The Morgan fingerprint density at radius 2 is 1.86 bits per heavy atom. The summed E-state index contributed by atoms with van der Waals surface area (Å²) in [5.74, 6) is -1.28. The van der Waals surface area contributed by atoms with Crippen LogP contribution < -0.4 is 5.32 Å². The van der Waals surface area contributed by atoms with Gasteiger partial charge in [-0.15, -0.1) is 0 Å². The Balaban J connectivity index is 2.95. The SMILES string of the molecule is CC(C)N(CC(F)(F)F)C(=O)Nc1ccccc1C(=O)O. The van der Waals surface area contributed by atoms with Crippen molar-refractivity contribution in [1.82, 2.24) is 4.90 Å². The predicted octanol–water partition coefficient (Wildman–Crippen LogP) is 3.19. The zero-order valence-corrected chi connectivity index (χ0v) is 11.4. The molecule has 0 aliphatic heterocycles. The molecule has 0 saturated carbocycles. The zero-order valence-electron chi connectivity index (χ0n) is 11.4. The molecule has 0 aromatic heterocycles. The Morgan fingerprint density at radius 1 is 1.29 bits per heavy atom. The minimum atomic E-state index is -4.53. The number of carbonyl (C=O) groups excluding carboxylic acids is 1. The van der Waals surface area contributed by atoms with E-state index in [2.05, 4.69) is 5.32 Å². The molecule has 0 spiro atoms. The van der Waals surface area contributed by atoms with Crippen LogP contribution in [0.15, 0.2) is 24.3 Å². The number of rotatable bonds is 4. The molecule has 2 N–H and O–H groups in total. The Bertz CT molecular complexity index is 530. The Kier molecular flexibility index (Phi) is 5.17. The maximum absolute atomic E-state index is 12.5. The molecule has 0 bridgehead atoms. The quantitative estimate of drug-likeness (QED) is 0.897. The third-order valence-corrected chi connectivity index (χ3v) is 2.63. The number of carboxylic acid groups (broad SMARTS) is 1. The van der Waals surface area contributed by atoms with Gasteiger partial charge in [-0.2, -0.15) is 13.2 Å². The van der Waals surface area contributed by atoms with Crippen LogP contribution in [0.2, 0.25) is 0 Å². The van der Waals surface area contributed by atoms with E-state index in [9.17, 15) is 22.8 Å². The Hall–Kier alpha value is -2.25. The van der Waals surface area contributed by atoms with E-state index >= 15 is 0 Å². The smallest absolute Gasteiger partial charge is 0.406 e. The molecule has 0 atom stereocenters. The van der Waals surface area contributed by atoms with Crippen LogP contribution in [0, 0.1) is 0 Å². The van der Waals surface area contributed by atoms with Crippen molar-refractivity contribution in [2.75, 3.05) is 11.9 Å². The van der Waals surface area contributed by atoms with E-state index in [1.165, 1.54) is 38.1 Å². The van der Waals surface area contributed by atoms with Crippen LogP contribution in [0.1, 0.15) is 24.2 Å². The molecule has 0 aliphatic carbocycles. The van der Waals surface area contributed by atoms with Crippen molar-refractivity contribution in [2.24, 2.45) is 0 Å². The van der Waals surface area contributed by atoms with Gasteiger partial charge >= 0.3 is 18.2 Å². The number of halogens is 3. The number of para-hydroxylation sites is 1. The standard InChI is InChI=1S/C13H15F3N2O3/c1-8(2)18(7-13(14,15)16)12(21)17-10-6-4-3-5-9(10)11(19)20/h3-6,8H,7H2,1-2H3,(H,17,21)(H,19,20). The lowest BCUT2D eigenvalue weighted by molar-refractivity contribution is -0.142. The summed E-state index contributed by atoms with van der Waals surface area (Å²) in [6.45, 7) is 1.47. The van der Waals surface area contributed by atoms with E-state index < -0.39 is 30.8 Å². The third kappa shape index (κ3) is 4.97. The molecule has 0 unspecified atom stereocenters. The van der Waals surface area contributed by atoms with Crippen molar-refractivity contribution in [3.8, 4) is 0 Å². The summed E-state index contributed by atoms with van der Waals surface area (Å²) in [6.07, 6.45) is -4.53. The van der Waals surface area contributed by atoms with Gasteiger partial charge in [-0.1, -0.05) is 12.1 Å². The van der Waals surface area contributed by atoms with Gasteiger partial charge in [0.25, 0.3) is 0 Å². The van der Waals surface area contributed by atoms with E-state index in [4.69, 9.17) is 5.11 Å². The molecule has 0 aliphatic rings. The van der Waals surface area contributed by atoms with Gasteiger partial charge in [0.05, 0.1) is 11.3 Å². The first-order valence-electron chi connectivity index (χ1n) is 6.08. The molecule has 0 saturated heterocycles. The van der Waals surface area contributed by atoms with Crippen molar-refractivity contribution >= 4 is 17.7 Å². The topological polar surface area (TPSA) is 69.6 Å². The predicted molar refractivity (Wildman–Crippen MR) is 70.3 cm³/mol. The van der Waals surface area contributed by atoms with Crippen LogP contribution in [-0.4, -0.2) is 40.8 Å². The number of alkyl halides is 3. The first kappa shape index (κ1) is 16.8. The summed E-state index contributed by atoms with van der Waals surface area (Å²) in [6, 6.07) is 3.80. The molecule has 0 heterocycles. The highest BCUT2D eigenvalue weighted by Gasteiger charge is 2.34. The zero-order chi connectivity index (χ0) is 16.2. The normalized spacial score (nSPS) is 11.3. The number of hydrogen-bond acceptors (Lipinski definition) is 2. The molecule has 21 heavy (non-hydrogen) atoms. The largest absolute Gasteiger partial charge is 0.478 e. The van der Waals surface area contributed by atoms with Crippen molar-refractivity contribution in [2.45, 2.75) is 26.1 Å². The summed E-state index contributed by atoms with van der Waals surface area (Å²) in [5, 5.41) is 11.2. The highest BCUT2D eigenvalue weighted by atomic mass is 19.4. The number of benzene rings is 1. The number of anilines is 1. The molecule has 1 aromatic carbocycles. The number of nitrogens with one attached hydrogen (secondary N) is 1. The van der Waals surface area contributed by atoms with Crippen molar-refractivity contribution in [3.63, 3.8) is 0 Å². The van der Waals surface area contributed by atoms with Crippen LogP contribution in [0.3, 0.4) is 0 Å². The van der Waals surface area contributed by atoms with Crippen molar-refractivity contribution < 1.29 is 27.9 Å². The number of hydrogen-bond donors (Lipinski definition) is 2. The molecule has 0 fully saturated rings. The lowest BCUT2D eigenvalue weighted by Gasteiger charge is -2.28. The summed E-state index contributed by atoms with van der Waals surface area (Å²) < 4.78 is 37.4. The number of carboxylic acids is 1. The Morgan fingerprint density at radius 3 is 2.33 bits per heavy atom. The van der Waals surface area contributed by atoms with E-state index in [1.54, 1.807) is 0 Å². The first-order chi connectivity index (χ1) is 9.61. The minimum absolute atomic E-state index is 0.0529. The number of aromatic carboxylic acids is 1. The fraction of sp³-hybridized carbons (Fsp3) is 0.385. The molecule has 116 valence electrons. The van der Waals surface area contributed by atoms with E-state index in [0.717, 1.165) is 0 Å². The number of carbonyl (C=O) groups is 2. The first-order valence-corrected chi connectivity index (χ1v) is 6.08. The van der Waals surface area contributed by atoms with E-state index in [1.807, 2.05) is 0 Å². The van der Waals surface area contributed by atoms with Gasteiger partial charge in [0.15, 0.2) is 0 Å².